The number of H-pyrrole nitrogens is 1. The molecule has 0 fully saturated rings. The lowest BCUT2D eigenvalue weighted by atomic mass is 10.00. The van der Waals surface area contributed by atoms with Gasteiger partial charge in [-0.3, -0.25) is 9.80 Å². The van der Waals surface area contributed by atoms with Crippen LogP contribution < -0.4 is 5.32 Å². The van der Waals surface area contributed by atoms with Crippen LogP contribution in [-0.4, -0.2) is 38.8 Å². The number of nitrogens with one attached hydrogen (secondary N) is 2. The van der Waals surface area contributed by atoms with Gasteiger partial charge in [0.15, 0.2) is 23.4 Å². The van der Waals surface area contributed by atoms with Crippen LogP contribution in [0.4, 0.5) is 35.1 Å². The maximum atomic E-state index is 14.3. The van der Waals surface area contributed by atoms with Gasteiger partial charge in [0.1, 0.15) is 17.2 Å². The summed E-state index contributed by atoms with van der Waals surface area (Å²) in [5, 5.41) is 11.5. The largest absolute Gasteiger partial charge is 0.417 e. The fraction of sp³-hybridized carbons (Fsp3) is 0.231. The predicted octanol–water partition coefficient (Wildman–Crippen LogP) is 6.07. The number of rotatable bonds is 6. The molecule has 2 aromatic carbocycles. The van der Waals surface area contributed by atoms with Crippen LogP contribution in [0.2, 0.25) is 0 Å². The first kappa shape index (κ1) is 28.8. The second-order valence-corrected chi connectivity index (χ2v) is 9.06. The summed E-state index contributed by atoms with van der Waals surface area (Å²) in [6, 6.07) is 4.23. The fourth-order valence-electron chi connectivity index (χ4n) is 4.36. The minimum absolute atomic E-state index is 0.0104. The minimum atomic E-state index is -5.16. The summed E-state index contributed by atoms with van der Waals surface area (Å²) in [5.74, 6) is -3.17. The van der Waals surface area contributed by atoms with Gasteiger partial charge in [0.2, 0.25) is 0 Å². The molecule has 0 radical (unpaired) electrons. The van der Waals surface area contributed by atoms with Crippen molar-refractivity contribution in [3.05, 3.63) is 82.4 Å². The Labute approximate surface area is 231 Å². The molecule has 8 nitrogen and oxygen atoms in total. The van der Waals surface area contributed by atoms with Crippen LogP contribution in [0.1, 0.15) is 41.2 Å². The van der Waals surface area contributed by atoms with Crippen molar-refractivity contribution in [1.29, 1.82) is 0 Å². The molecule has 16 heteroatoms. The van der Waals surface area contributed by atoms with E-state index in [0.717, 1.165) is 12.1 Å². The van der Waals surface area contributed by atoms with E-state index in [1.165, 1.54) is 23.4 Å². The van der Waals surface area contributed by atoms with Crippen molar-refractivity contribution in [3.63, 3.8) is 0 Å². The lowest BCUT2D eigenvalue weighted by Gasteiger charge is -2.27. The summed E-state index contributed by atoms with van der Waals surface area (Å²) in [6.07, 6.45) is -8.95. The highest BCUT2D eigenvalue weighted by molar-refractivity contribution is 5.85. The third-order valence-electron chi connectivity index (χ3n) is 6.29. The van der Waals surface area contributed by atoms with Crippen LogP contribution in [0.15, 0.2) is 52.1 Å². The minimum Gasteiger partial charge on any atom is -0.358 e. The number of benzene rings is 2. The molecule has 220 valence electrons. The van der Waals surface area contributed by atoms with E-state index < -0.39 is 58.3 Å². The molecule has 0 saturated heterocycles. The highest BCUT2D eigenvalue weighted by atomic mass is 19.4. The van der Waals surface area contributed by atoms with Gasteiger partial charge in [0.05, 0.1) is 35.1 Å². The van der Waals surface area contributed by atoms with E-state index in [1.807, 2.05) is 0 Å². The molecular weight excluding hydrogens is 580 g/mol. The third-order valence-corrected chi connectivity index (χ3v) is 6.29. The molecule has 0 aliphatic carbocycles. The van der Waals surface area contributed by atoms with Gasteiger partial charge in [0, 0.05) is 18.2 Å². The number of imidazole rings is 1. The second-order valence-electron chi connectivity index (χ2n) is 9.06. The number of aromatic amines is 1. The highest BCUT2D eigenvalue weighted by Crippen LogP contribution is 2.41. The molecule has 2 N–H and O–H groups in total. The van der Waals surface area contributed by atoms with Crippen LogP contribution in [0.3, 0.4) is 0 Å². The van der Waals surface area contributed by atoms with Gasteiger partial charge in [-0.05, 0) is 31.2 Å². The van der Waals surface area contributed by atoms with Gasteiger partial charge in [0.25, 0.3) is 5.91 Å². The fourth-order valence-corrected chi connectivity index (χ4v) is 4.36. The summed E-state index contributed by atoms with van der Waals surface area (Å²) >= 11 is 0. The summed E-state index contributed by atoms with van der Waals surface area (Å²) in [6.45, 7) is 1.62. The van der Waals surface area contributed by atoms with Crippen molar-refractivity contribution >= 4 is 12.1 Å². The molecule has 1 aliphatic rings. The second kappa shape index (κ2) is 10.6. The number of likely N-dealkylation sites (N-methyl/N-ethyl adjacent to an activating group) is 1. The molecule has 4 aromatic rings. The molecule has 1 aliphatic heterocycles. The highest BCUT2D eigenvalue weighted by Gasteiger charge is 2.40. The monoisotopic (exact) mass is 598 g/mol. The molecule has 1 atom stereocenters. The summed E-state index contributed by atoms with van der Waals surface area (Å²) in [4.78, 5) is 20.1. The molecule has 1 amide bonds. The number of aromatic nitrogens is 3. The average molecular weight is 598 g/mol. The van der Waals surface area contributed by atoms with Crippen LogP contribution in [0, 0.1) is 11.6 Å². The zero-order chi connectivity index (χ0) is 30.4. The Morgan fingerprint density at radius 2 is 1.83 bits per heavy atom. The number of nitrogens with zero attached hydrogens (tertiary/aromatic N) is 4. The van der Waals surface area contributed by atoms with E-state index in [1.54, 1.807) is 6.92 Å². The lowest BCUT2D eigenvalue weighted by Crippen LogP contribution is -2.39. The van der Waals surface area contributed by atoms with Gasteiger partial charge in [-0.2, -0.15) is 31.4 Å². The Bertz CT molecular complexity index is 1670. The van der Waals surface area contributed by atoms with E-state index in [4.69, 9.17) is 4.52 Å². The zero-order valence-electron chi connectivity index (χ0n) is 21.2. The normalized spacial score (nSPS) is 14.2. The van der Waals surface area contributed by atoms with Gasteiger partial charge >= 0.3 is 12.4 Å². The first-order chi connectivity index (χ1) is 19.8. The zero-order valence-corrected chi connectivity index (χ0v) is 21.2. The van der Waals surface area contributed by atoms with Crippen LogP contribution in [0.25, 0.3) is 22.6 Å². The number of carbonyl (C=O) groups excluding carboxylic acids is 1. The van der Waals surface area contributed by atoms with Crippen molar-refractivity contribution in [3.8, 4) is 22.6 Å². The van der Waals surface area contributed by atoms with Crippen molar-refractivity contribution in [2.24, 2.45) is 5.10 Å². The molecule has 0 saturated carbocycles. The smallest absolute Gasteiger partial charge is 0.358 e. The number of fused-ring (bicyclic) bond motifs is 1. The molecule has 2 aromatic heterocycles. The number of halogens is 8. The van der Waals surface area contributed by atoms with E-state index in [0.29, 0.717) is 17.8 Å². The topological polar surface area (TPSA) is 99.4 Å². The van der Waals surface area contributed by atoms with E-state index in [9.17, 15) is 39.9 Å². The number of alkyl halides is 6. The van der Waals surface area contributed by atoms with Crippen molar-refractivity contribution in [1.82, 2.24) is 25.5 Å². The van der Waals surface area contributed by atoms with Crippen molar-refractivity contribution < 1.29 is 44.4 Å². The van der Waals surface area contributed by atoms with Crippen molar-refractivity contribution in [2.75, 3.05) is 6.54 Å². The first-order valence-corrected chi connectivity index (χ1v) is 12.1. The van der Waals surface area contributed by atoms with Gasteiger partial charge in [-0.25, -0.2) is 13.8 Å². The molecule has 1 unspecified atom stereocenters. The molecule has 3 heterocycles. The average Bonchev–Trinajstić information content (AvgIpc) is 3.56. The number of hydrogen-bond acceptors (Lipinski definition) is 6. The maximum Gasteiger partial charge on any atom is 0.417 e. The summed E-state index contributed by atoms with van der Waals surface area (Å²) in [7, 11) is 0. The number of amides is 1. The lowest BCUT2D eigenvalue weighted by molar-refractivity contribution is -0.142. The summed E-state index contributed by atoms with van der Waals surface area (Å²) < 4.78 is 114. The SMILES string of the molecule is CCNC(=O)C(c1cc(-c2ccc(C(F)(F)F)cc2C(F)(F)F)no1)N1Cc2[nH]c(-c3cccc(F)c3F)nc2C=N1. The number of hydrogen-bond donors (Lipinski definition) is 2. The summed E-state index contributed by atoms with van der Waals surface area (Å²) in [5.41, 5.74) is -3.80. The molecule has 42 heavy (non-hydrogen) atoms. The Kier molecular flexibility index (Phi) is 7.24. The molecule has 0 spiro atoms. The standard InChI is InChI=1S/C26H18F8N6O2/c1-2-35-24(41)22(40-11-19-18(10-36-40)37-23(38-19)14-4-3-5-16(27)21(14)28)20-9-17(39-42-20)13-7-6-12(25(29,30)31)8-15(13)26(32,33)34/h3-10,22H,2,11H2,1H3,(H,35,41)(H,37,38). The quantitative estimate of drug-likeness (QED) is 0.263. The van der Waals surface area contributed by atoms with Crippen LogP contribution in [-0.2, 0) is 23.7 Å². The third kappa shape index (κ3) is 5.43. The number of carbonyl (C=O) groups is 1. The van der Waals surface area contributed by atoms with Gasteiger partial charge in [-0.1, -0.05) is 17.3 Å². The van der Waals surface area contributed by atoms with Crippen LogP contribution in [0.5, 0.6) is 0 Å². The molecule has 0 bridgehead atoms. The van der Waals surface area contributed by atoms with Crippen LogP contribution >= 0.6 is 0 Å². The van der Waals surface area contributed by atoms with Gasteiger partial charge in [-0.15, -0.1) is 0 Å². The maximum absolute atomic E-state index is 14.3. The Morgan fingerprint density at radius 3 is 2.52 bits per heavy atom. The predicted molar refractivity (Wildman–Crippen MR) is 130 cm³/mol. The van der Waals surface area contributed by atoms with Gasteiger partial charge < -0.3 is 14.8 Å². The molecule has 5 rings (SSSR count). The first-order valence-electron chi connectivity index (χ1n) is 12.1. The Balaban J connectivity index is 1.50. The Hall–Kier alpha value is -4.76. The van der Waals surface area contributed by atoms with E-state index in [-0.39, 0.29) is 42.0 Å². The number of hydrazone groups is 1. The van der Waals surface area contributed by atoms with E-state index >= 15 is 0 Å². The van der Waals surface area contributed by atoms with E-state index in [2.05, 4.69) is 25.5 Å². The Morgan fingerprint density at radius 1 is 1.07 bits per heavy atom. The van der Waals surface area contributed by atoms with Crippen molar-refractivity contribution in [2.45, 2.75) is 31.9 Å². The molecular formula is C26H18F8N6O2.